The molecular formula is C13H28N2O2. The van der Waals surface area contributed by atoms with Crippen molar-refractivity contribution in [2.75, 3.05) is 46.0 Å². The second-order valence-corrected chi connectivity index (χ2v) is 4.53. The lowest BCUT2D eigenvalue weighted by molar-refractivity contribution is -0.0603. The summed E-state index contributed by atoms with van der Waals surface area (Å²) in [5.41, 5.74) is 0. The highest BCUT2D eigenvalue weighted by Gasteiger charge is 2.27. The molecule has 17 heavy (non-hydrogen) atoms. The summed E-state index contributed by atoms with van der Waals surface area (Å²) in [6.07, 6.45) is 1.48. The van der Waals surface area contributed by atoms with E-state index in [-0.39, 0.29) is 6.10 Å². The molecule has 0 aliphatic carbocycles. The summed E-state index contributed by atoms with van der Waals surface area (Å²) in [5.74, 6) is 0. The first-order chi connectivity index (χ1) is 8.31. The van der Waals surface area contributed by atoms with Gasteiger partial charge in [-0.1, -0.05) is 13.8 Å². The van der Waals surface area contributed by atoms with E-state index in [1.54, 1.807) is 0 Å². The number of likely N-dealkylation sites (N-methyl/N-ethyl adjacent to an activating group) is 1. The maximum atomic E-state index is 5.88. The third kappa shape index (κ3) is 5.34. The van der Waals surface area contributed by atoms with Gasteiger partial charge in [0.25, 0.3) is 0 Å². The van der Waals surface area contributed by atoms with Gasteiger partial charge in [-0.3, -0.25) is 4.90 Å². The molecule has 0 spiro atoms. The van der Waals surface area contributed by atoms with Gasteiger partial charge in [-0.05, 0) is 26.4 Å². The van der Waals surface area contributed by atoms with E-state index in [1.807, 2.05) is 6.92 Å². The molecule has 1 rings (SSSR count). The van der Waals surface area contributed by atoms with Gasteiger partial charge in [0.15, 0.2) is 0 Å². The highest BCUT2D eigenvalue weighted by atomic mass is 16.5. The fourth-order valence-electron chi connectivity index (χ4n) is 2.30. The molecule has 1 fully saturated rings. The predicted octanol–water partition coefficient (Wildman–Crippen LogP) is 1.11. The van der Waals surface area contributed by atoms with Crippen molar-refractivity contribution >= 4 is 0 Å². The van der Waals surface area contributed by atoms with Crippen LogP contribution in [0, 0.1) is 0 Å². The van der Waals surface area contributed by atoms with E-state index < -0.39 is 0 Å². The van der Waals surface area contributed by atoms with Gasteiger partial charge in [-0.15, -0.1) is 0 Å². The quantitative estimate of drug-likeness (QED) is 0.693. The highest BCUT2D eigenvalue weighted by Crippen LogP contribution is 2.10. The zero-order chi connectivity index (χ0) is 12.5. The normalized spacial score (nSPS) is 23.8. The molecular weight excluding hydrogens is 216 g/mol. The van der Waals surface area contributed by atoms with E-state index >= 15 is 0 Å². The van der Waals surface area contributed by atoms with Crippen LogP contribution in [0.3, 0.4) is 0 Å². The summed E-state index contributed by atoms with van der Waals surface area (Å²) < 4.78 is 11.4. The highest BCUT2D eigenvalue weighted by molar-refractivity contribution is 4.82. The lowest BCUT2D eigenvalue weighted by Crippen LogP contribution is -2.54. The van der Waals surface area contributed by atoms with Crippen molar-refractivity contribution in [3.63, 3.8) is 0 Å². The summed E-state index contributed by atoms with van der Waals surface area (Å²) in [7, 11) is 0. The Morgan fingerprint density at radius 2 is 2.24 bits per heavy atom. The zero-order valence-corrected chi connectivity index (χ0v) is 11.6. The maximum absolute atomic E-state index is 5.88. The minimum atomic E-state index is 0.266. The van der Waals surface area contributed by atoms with Crippen molar-refractivity contribution in [1.82, 2.24) is 10.2 Å². The third-order valence-corrected chi connectivity index (χ3v) is 3.13. The van der Waals surface area contributed by atoms with E-state index in [0.29, 0.717) is 6.04 Å². The number of hydrogen-bond acceptors (Lipinski definition) is 4. The van der Waals surface area contributed by atoms with Crippen LogP contribution in [0.2, 0.25) is 0 Å². The molecule has 1 aliphatic rings. The molecule has 4 nitrogen and oxygen atoms in total. The van der Waals surface area contributed by atoms with Crippen LogP contribution in [-0.4, -0.2) is 63.0 Å². The van der Waals surface area contributed by atoms with Gasteiger partial charge in [-0.25, -0.2) is 0 Å². The number of rotatable bonds is 8. The lowest BCUT2D eigenvalue weighted by atomic mass is 10.1. The van der Waals surface area contributed by atoms with Crippen LogP contribution in [0.5, 0.6) is 0 Å². The standard InChI is InChI=1S/C13H28N2O2/c1-4-7-15-8-9-17-13(10-15)12(14-5-2)11-16-6-3/h12-14H,4-11H2,1-3H3. The minimum absolute atomic E-state index is 0.266. The van der Waals surface area contributed by atoms with Gasteiger partial charge in [0.2, 0.25) is 0 Å². The monoisotopic (exact) mass is 244 g/mol. The first-order valence-corrected chi connectivity index (χ1v) is 6.96. The molecule has 0 aromatic rings. The first kappa shape index (κ1) is 14.9. The van der Waals surface area contributed by atoms with Crippen LogP contribution >= 0.6 is 0 Å². The number of ether oxygens (including phenoxy) is 2. The number of nitrogens with one attached hydrogen (secondary N) is 1. The minimum Gasteiger partial charge on any atom is -0.380 e. The molecule has 1 saturated heterocycles. The van der Waals surface area contributed by atoms with Gasteiger partial charge in [0.05, 0.1) is 25.4 Å². The Hall–Kier alpha value is -0.160. The maximum Gasteiger partial charge on any atom is 0.0877 e. The molecule has 1 N–H and O–H groups in total. The predicted molar refractivity (Wildman–Crippen MR) is 70.4 cm³/mol. The van der Waals surface area contributed by atoms with Crippen molar-refractivity contribution in [1.29, 1.82) is 0 Å². The van der Waals surface area contributed by atoms with E-state index in [9.17, 15) is 0 Å². The van der Waals surface area contributed by atoms with E-state index in [1.165, 1.54) is 13.0 Å². The molecule has 0 radical (unpaired) electrons. The average Bonchev–Trinajstić information content (AvgIpc) is 2.35. The molecule has 1 aliphatic heterocycles. The fraction of sp³-hybridized carbons (Fsp3) is 1.00. The van der Waals surface area contributed by atoms with Crippen molar-refractivity contribution in [2.45, 2.75) is 39.3 Å². The molecule has 0 aromatic carbocycles. The molecule has 2 unspecified atom stereocenters. The molecule has 0 saturated carbocycles. The summed E-state index contributed by atoms with van der Waals surface area (Å²) in [5, 5.41) is 3.47. The van der Waals surface area contributed by atoms with Crippen molar-refractivity contribution in [3.8, 4) is 0 Å². The SMILES string of the molecule is CCCN1CCOC(C(COCC)NCC)C1. The summed E-state index contributed by atoms with van der Waals surface area (Å²) in [4.78, 5) is 2.49. The number of hydrogen-bond donors (Lipinski definition) is 1. The number of nitrogens with zero attached hydrogens (tertiary/aromatic N) is 1. The summed E-state index contributed by atoms with van der Waals surface area (Å²) in [6, 6.07) is 0.319. The Morgan fingerprint density at radius 1 is 1.41 bits per heavy atom. The van der Waals surface area contributed by atoms with Crippen LogP contribution < -0.4 is 5.32 Å². The summed E-state index contributed by atoms with van der Waals surface area (Å²) in [6.45, 7) is 13.0. The van der Waals surface area contributed by atoms with Gasteiger partial charge in [0, 0.05) is 19.7 Å². The molecule has 0 bridgehead atoms. The van der Waals surface area contributed by atoms with Gasteiger partial charge in [-0.2, -0.15) is 0 Å². The molecule has 4 heteroatoms. The summed E-state index contributed by atoms with van der Waals surface area (Å²) >= 11 is 0. The van der Waals surface area contributed by atoms with Crippen molar-refractivity contribution in [3.05, 3.63) is 0 Å². The van der Waals surface area contributed by atoms with E-state index in [2.05, 4.69) is 24.1 Å². The Bertz CT molecular complexity index is 188. The van der Waals surface area contributed by atoms with E-state index in [0.717, 1.165) is 39.5 Å². The average molecular weight is 244 g/mol. The molecule has 0 aromatic heterocycles. The lowest BCUT2D eigenvalue weighted by Gasteiger charge is -2.37. The molecule has 0 amide bonds. The second kappa shape index (κ2) is 8.86. The van der Waals surface area contributed by atoms with Crippen LogP contribution in [0.1, 0.15) is 27.2 Å². The zero-order valence-electron chi connectivity index (χ0n) is 11.6. The number of morpholine rings is 1. The van der Waals surface area contributed by atoms with Gasteiger partial charge in [0.1, 0.15) is 0 Å². The molecule has 2 atom stereocenters. The Labute approximate surface area is 106 Å². The van der Waals surface area contributed by atoms with Crippen LogP contribution in [0.15, 0.2) is 0 Å². The van der Waals surface area contributed by atoms with Crippen LogP contribution in [0.4, 0.5) is 0 Å². The largest absolute Gasteiger partial charge is 0.380 e. The second-order valence-electron chi connectivity index (χ2n) is 4.53. The van der Waals surface area contributed by atoms with Gasteiger partial charge < -0.3 is 14.8 Å². The van der Waals surface area contributed by atoms with Crippen LogP contribution in [0.25, 0.3) is 0 Å². The Balaban J connectivity index is 2.41. The van der Waals surface area contributed by atoms with Crippen molar-refractivity contribution < 1.29 is 9.47 Å². The Kier molecular flexibility index (Phi) is 7.77. The molecule has 1 heterocycles. The third-order valence-electron chi connectivity index (χ3n) is 3.13. The smallest absolute Gasteiger partial charge is 0.0877 e. The first-order valence-electron chi connectivity index (χ1n) is 6.96. The van der Waals surface area contributed by atoms with E-state index in [4.69, 9.17) is 9.47 Å². The Morgan fingerprint density at radius 3 is 2.88 bits per heavy atom. The van der Waals surface area contributed by atoms with Crippen LogP contribution in [-0.2, 0) is 9.47 Å². The fourth-order valence-corrected chi connectivity index (χ4v) is 2.30. The topological polar surface area (TPSA) is 33.7 Å². The van der Waals surface area contributed by atoms with Crippen molar-refractivity contribution in [2.24, 2.45) is 0 Å². The van der Waals surface area contributed by atoms with Gasteiger partial charge >= 0.3 is 0 Å². The molecule has 102 valence electrons.